The van der Waals surface area contributed by atoms with Gasteiger partial charge in [0.15, 0.2) is 0 Å². The van der Waals surface area contributed by atoms with E-state index in [4.69, 9.17) is 11.5 Å². The second-order valence-corrected chi connectivity index (χ2v) is 24.3. The molecule has 16 atom stereocenters. The van der Waals surface area contributed by atoms with Gasteiger partial charge in [-0.1, -0.05) is 74.7 Å². The average Bonchev–Trinajstić information content (AvgIpc) is 1.94. The number of aliphatic hydroxyl groups is 2. The van der Waals surface area contributed by atoms with Crippen LogP contribution in [0, 0.1) is 23.7 Å². The molecule has 0 radical (unpaired) electrons. The second kappa shape index (κ2) is 38.8. The number of carbonyl (C=O) groups is 14. The maximum Gasteiger partial charge on any atom is 0.326 e. The van der Waals surface area contributed by atoms with Crippen LogP contribution in [0.25, 0.3) is 0 Å². The summed E-state index contributed by atoms with van der Waals surface area (Å²) >= 11 is 8.13. The Labute approximate surface area is 536 Å². The van der Waals surface area contributed by atoms with Crippen molar-refractivity contribution >= 4 is 108 Å². The largest absolute Gasteiger partial charge is 0.480 e. The number of amides is 13. The summed E-state index contributed by atoms with van der Waals surface area (Å²) in [6.45, 7) is 15.0. The Bertz CT molecular complexity index is 2530. The fraction of sp³-hybridized carbons (Fsp3) is 0.754. The molecule has 13 amide bonds. The van der Waals surface area contributed by atoms with E-state index in [-0.39, 0.29) is 62.6 Å². The first-order valence-electron chi connectivity index (χ1n) is 30.6. The van der Waals surface area contributed by atoms with E-state index in [0.29, 0.717) is 32.1 Å². The van der Waals surface area contributed by atoms with Crippen molar-refractivity contribution < 1.29 is 82.4 Å². The summed E-state index contributed by atoms with van der Waals surface area (Å²) in [4.78, 5) is 190. The number of carboxylic acid groups (broad SMARTS) is 1. The molecule has 2 saturated heterocycles. The van der Waals surface area contributed by atoms with Gasteiger partial charge in [-0.25, -0.2) is 4.79 Å². The molecule has 0 unspecified atom stereocenters. The maximum absolute atomic E-state index is 14.6. The summed E-state index contributed by atoms with van der Waals surface area (Å²) in [7, 11) is 0. The first-order chi connectivity index (χ1) is 42.2. The van der Waals surface area contributed by atoms with Crippen molar-refractivity contribution in [1.82, 2.24) is 63.0 Å². The van der Waals surface area contributed by atoms with Crippen molar-refractivity contribution in [2.75, 3.05) is 37.7 Å². The highest BCUT2D eigenvalue weighted by molar-refractivity contribution is 7.80. The summed E-state index contributed by atoms with van der Waals surface area (Å²) in [5.41, 5.74) is 10.8. The molecule has 0 bridgehead atoms. The minimum absolute atomic E-state index is 0.0228. The van der Waals surface area contributed by atoms with Crippen LogP contribution in [-0.4, -0.2) is 224 Å². The zero-order chi connectivity index (χ0) is 68.4. The number of carboxylic acids is 1. The minimum atomic E-state index is -1.71. The standard InChI is InChI=1S/C57H98N14O17S2/c1-11-28(6)42(66-41(75)23-60-47(77)33(58)25-89)52(82)63-35(22-27(4)5)48(78)69-45(32(10)73)54(84)61-31(9)46(76)64-36(24-72)49(79)68-44(30(8)13-3)56(86)71-21-15-17-39(71)55(85)70-20-14-16-38(70)51(81)67-43(29(7)12-2)53(83)65-37(26-90)50(80)62-34(57(87)88)18-19-40(59)74/h27-39,42-45,72-73,89-90H,11-26,58H2,1-10H3,(H2,59,74)(H,60,77)(H,61,84)(H,62,80)(H,63,82)(H,64,76)(H,65,83)(H,66,75)(H,67,81)(H,68,79)(H,69,78)(H,87,88)/t28-,29-,30-,31-,32+,33-,34-,35-,36-,37-,38-,39-,42-,43-,44-,45-/m0/s1. The molecular formula is C57H98N14O17S2. The molecule has 0 aromatic rings. The van der Waals surface area contributed by atoms with E-state index in [9.17, 15) is 82.4 Å². The summed E-state index contributed by atoms with van der Waals surface area (Å²) in [5, 5.41) is 55.6. The van der Waals surface area contributed by atoms with Crippen molar-refractivity contribution in [3.05, 3.63) is 0 Å². The fourth-order valence-corrected chi connectivity index (χ4v) is 10.3. The van der Waals surface area contributed by atoms with Crippen LogP contribution in [-0.2, 0) is 67.1 Å². The van der Waals surface area contributed by atoms with Gasteiger partial charge >= 0.3 is 5.97 Å². The third kappa shape index (κ3) is 24.1. The van der Waals surface area contributed by atoms with Gasteiger partial charge in [-0.2, -0.15) is 25.3 Å². The lowest BCUT2D eigenvalue weighted by Gasteiger charge is -2.35. The second-order valence-electron chi connectivity index (χ2n) is 23.6. The van der Waals surface area contributed by atoms with Gasteiger partial charge in [-0.3, -0.25) is 62.3 Å². The molecule has 0 aromatic heterocycles. The van der Waals surface area contributed by atoms with Gasteiger partial charge in [-0.05, 0) is 76.0 Å². The van der Waals surface area contributed by atoms with E-state index < -0.39 is 192 Å². The molecule has 2 fully saturated rings. The Kier molecular flexibility index (Phi) is 34.1. The maximum atomic E-state index is 14.6. The van der Waals surface area contributed by atoms with E-state index in [1.807, 2.05) is 0 Å². The number of thiol groups is 2. The molecule has 0 saturated carbocycles. The van der Waals surface area contributed by atoms with Gasteiger partial charge in [0.2, 0.25) is 76.8 Å². The number of likely N-dealkylation sites (tertiary alicyclic amines) is 2. The van der Waals surface area contributed by atoms with Crippen LogP contribution >= 0.6 is 25.3 Å². The molecule has 2 heterocycles. The molecule has 2 aliphatic rings. The normalized spacial score (nSPS) is 19.4. The van der Waals surface area contributed by atoms with Gasteiger partial charge in [-0.15, -0.1) is 0 Å². The number of primary amides is 1. The number of carbonyl (C=O) groups excluding carboxylic acids is 13. The predicted molar refractivity (Wildman–Crippen MR) is 334 cm³/mol. The Morgan fingerprint density at radius 1 is 0.544 bits per heavy atom. The van der Waals surface area contributed by atoms with Crippen LogP contribution < -0.4 is 64.6 Å². The van der Waals surface area contributed by atoms with Crippen molar-refractivity contribution in [3.8, 4) is 0 Å². The van der Waals surface area contributed by atoms with Gasteiger partial charge in [0.1, 0.15) is 66.5 Å². The van der Waals surface area contributed by atoms with Crippen LogP contribution in [0.2, 0.25) is 0 Å². The van der Waals surface area contributed by atoms with E-state index in [0.717, 1.165) is 0 Å². The molecule has 2 rings (SSSR count). The van der Waals surface area contributed by atoms with E-state index in [2.05, 4.69) is 78.4 Å². The zero-order valence-electron chi connectivity index (χ0n) is 53.1. The Balaban J connectivity index is 2.23. The average molecular weight is 1320 g/mol. The van der Waals surface area contributed by atoms with Crippen LogP contribution in [0.3, 0.4) is 0 Å². The van der Waals surface area contributed by atoms with Crippen LogP contribution in [0.4, 0.5) is 0 Å². The van der Waals surface area contributed by atoms with Crippen molar-refractivity contribution in [3.63, 3.8) is 0 Å². The van der Waals surface area contributed by atoms with Gasteiger partial charge in [0.25, 0.3) is 0 Å². The molecule has 0 aromatic carbocycles. The Morgan fingerprint density at radius 2 is 1.02 bits per heavy atom. The van der Waals surface area contributed by atoms with Gasteiger partial charge < -0.3 is 89.8 Å². The number of nitrogens with two attached hydrogens (primary N) is 2. The summed E-state index contributed by atoms with van der Waals surface area (Å²) in [5.74, 6) is -13.9. The predicted octanol–water partition coefficient (Wildman–Crippen LogP) is -4.44. The third-order valence-electron chi connectivity index (χ3n) is 16.1. The lowest BCUT2D eigenvalue weighted by atomic mass is 9.96. The minimum Gasteiger partial charge on any atom is -0.480 e. The van der Waals surface area contributed by atoms with Gasteiger partial charge in [0, 0.05) is 31.0 Å². The molecule has 510 valence electrons. The first-order valence-corrected chi connectivity index (χ1v) is 31.9. The Hall–Kier alpha value is -6.84. The van der Waals surface area contributed by atoms with E-state index in [1.165, 1.54) is 23.6 Å². The number of hydrogen-bond donors (Lipinski definition) is 17. The summed E-state index contributed by atoms with van der Waals surface area (Å²) in [6.07, 6.45) is 0.0782. The summed E-state index contributed by atoms with van der Waals surface area (Å²) < 4.78 is 0. The third-order valence-corrected chi connectivity index (χ3v) is 16.8. The molecule has 2 aliphatic heterocycles. The molecular weight excluding hydrogens is 1220 g/mol. The highest BCUT2D eigenvalue weighted by Crippen LogP contribution is 2.27. The topological polar surface area (TPSA) is 478 Å². The zero-order valence-corrected chi connectivity index (χ0v) is 54.9. The fourth-order valence-electron chi connectivity index (χ4n) is 9.91. The molecule has 0 spiro atoms. The van der Waals surface area contributed by atoms with Crippen LogP contribution in [0.5, 0.6) is 0 Å². The number of nitrogens with one attached hydrogen (secondary N) is 10. The Morgan fingerprint density at radius 3 is 1.53 bits per heavy atom. The van der Waals surface area contributed by atoms with Crippen LogP contribution in [0.15, 0.2) is 0 Å². The highest BCUT2D eigenvalue weighted by atomic mass is 32.1. The number of aliphatic carboxylic acids is 1. The summed E-state index contributed by atoms with van der Waals surface area (Å²) in [6, 6.07) is -15.9. The number of nitrogens with zero attached hydrogens (tertiary/aromatic N) is 2. The molecule has 0 aliphatic carbocycles. The van der Waals surface area contributed by atoms with E-state index in [1.54, 1.807) is 55.4 Å². The quantitative estimate of drug-likeness (QED) is 0.0259. The SMILES string of the molecule is CC[C@H](C)[C@H](NC(=O)CNC(=O)[C@@H](N)CS)C(=O)N[C@@H](CC(C)C)C(=O)N[C@H](C(=O)N[C@@H](C)C(=O)N[C@@H](CO)C(=O)N[C@H](C(=O)N1CCC[C@H]1C(=O)N1CCC[C@H]1C(=O)N[C@H](C(=O)N[C@@H](CS)C(=O)N[C@@H](CCC(N)=O)C(=O)O)[C@@H](C)CC)[C@@H](C)CC)[C@@H](C)O. The van der Waals surface area contributed by atoms with Crippen molar-refractivity contribution in [2.45, 2.75) is 212 Å². The first kappa shape index (κ1) is 79.3. The number of hydrogen-bond acceptors (Lipinski definition) is 19. The van der Waals surface area contributed by atoms with Crippen molar-refractivity contribution in [2.24, 2.45) is 35.1 Å². The highest BCUT2D eigenvalue weighted by Gasteiger charge is 2.46. The van der Waals surface area contributed by atoms with Gasteiger partial charge in [0.05, 0.1) is 25.3 Å². The molecule has 31 nitrogen and oxygen atoms in total. The lowest BCUT2D eigenvalue weighted by molar-refractivity contribution is -0.149. The monoisotopic (exact) mass is 1310 g/mol. The van der Waals surface area contributed by atoms with E-state index >= 15 is 0 Å². The lowest BCUT2D eigenvalue weighted by Crippen LogP contribution is -2.62. The van der Waals surface area contributed by atoms with Crippen molar-refractivity contribution in [1.29, 1.82) is 0 Å². The smallest absolute Gasteiger partial charge is 0.326 e. The number of rotatable bonds is 38. The number of aliphatic hydroxyl groups excluding tert-OH is 2. The molecule has 33 heteroatoms. The molecule has 90 heavy (non-hydrogen) atoms. The van der Waals surface area contributed by atoms with Crippen LogP contribution in [0.1, 0.15) is 133 Å². The molecule has 17 N–H and O–H groups in total.